The second kappa shape index (κ2) is 28.2. The number of nitrogens with one attached hydrogen (secondary N) is 3. The molecular formula is C59H71N9O8. The van der Waals surface area contributed by atoms with Crippen molar-refractivity contribution < 1.29 is 38.2 Å². The number of fused-ring (bicyclic) bond motifs is 1. The number of aryl methyl sites for hydroxylation is 1. The minimum absolute atomic E-state index is 0.0364. The monoisotopic (exact) mass is 1030 g/mol. The fourth-order valence-corrected chi connectivity index (χ4v) is 9.84. The molecule has 0 bridgehead atoms. The van der Waals surface area contributed by atoms with Crippen molar-refractivity contribution in [2.24, 2.45) is 0 Å². The van der Waals surface area contributed by atoms with E-state index in [1.54, 1.807) is 30.7 Å². The maximum atomic E-state index is 13.3. The average molecular weight is 1030 g/mol. The molecule has 0 radical (unpaired) electrons. The molecule has 3 aliphatic rings. The lowest BCUT2D eigenvalue weighted by Gasteiger charge is -2.34. The van der Waals surface area contributed by atoms with Crippen molar-refractivity contribution in [3.05, 3.63) is 137 Å². The van der Waals surface area contributed by atoms with Crippen LogP contribution in [-0.4, -0.2) is 130 Å². The lowest BCUT2D eigenvalue weighted by Crippen LogP contribution is -2.54. The Labute approximate surface area is 445 Å². The van der Waals surface area contributed by atoms with Crippen LogP contribution in [0.25, 0.3) is 11.3 Å². The summed E-state index contributed by atoms with van der Waals surface area (Å²) in [4.78, 5) is 95.8. The minimum Gasteiger partial charge on any atom is -0.381 e. The Kier molecular flexibility index (Phi) is 20.5. The molecule has 3 N–H and O–H groups in total. The number of rotatable bonds is 28. The number of carbonyl (C=O) groups excluding carboxylic acids is 6. The molecule has 400 valence electrons. The molecule has 2 saturated heterocycles. The van der Waals surface area contributed by atoms with Crippen LogP contribution >= 0.6 is 0 Å². The molecule has 17 nitrogen and oxygen atoms in total. The maximum Gasteiger partial charge on any atom is 0.264 e. The van der Waals surface area contributed by atoms with Crippen molar-refractivity contribution in [3.8, 4) is 11.3 Å². The number of pyridine rings is 1. The second-order valence-electron chi connectivity index (χ2n) is 19.9. The molecule has 1 unspecified atom stereocenters. The number of piperazine rings is 1. The zero-order valence-corrected chi connectivity index (χ0v) is 43.7. The number of unbranched alkanes of at least 4 members (excludes halogenated alkanes) is 7. The van der Waals surface area contributed by atoms with E-state index in [2.05, 4.69) is 54.8 Å². The first kappa shape index (κ1) is 55.2. The summed E-state index contributed by atoms with van der Waals surface area (Å²) in [6.07, 6.45) is 16.3. The SMILES string of the molecule is Cc1ccc(NC(=O)c2ccc(CN3CCN(CCCCCCOCCCCCOCCCCCC(=O)Nc4cccc5c4C(=O)N(C4CCC(=O)NC4=O)C5=O)CC3)cc2)cc1Cc1nccc(-c2cccnc2)n1. The fourth-order valence-electron chi connectivity index (χ4n) is 9.84. The van der Waals surface area contributed by atoms with Crippen LogP contribution < -0.4 is 16.0 Å². The number of hydrogen-bond donors (Lipinski definition) is 3. The van der Waals surface area contributed by atoms with Crippen molar-refractivity contribution in [1.29, 1.82) is 0 Å². The second-order valence-corrected chi connectivity index (χ2v) is 19.9. The summed E-state index contributed by atoms with van der Waals surface area (Å²) in [6, 6.07) is 23.3. The van der Waals surface area contributed by atoms with Crippen molar-refractivity contribution in [2.75, 3.05) is 69.8 Å². The zero-order valence-electron chi connectivity index (χ0n) is 43.7. The number of aromatic nitrogens is 3. The molecule has 8 rings (SSSR count). The molecule has 6 amide bonds. The molecule has 3 aliphatic heterocycles. The summed E-state index contributed by atoms with van der Waals surface area (Å²) in [5.41, 5.74) is 6.94. The number of piperidine rings is 1. The number of benzene rings is 3. The summed E-state index contributed by atoms with van der Waals surface area (Å²) in [5, 5.41) is 8.05. The van der Waals surface area contributed by atoms with Gasteiger partial charge in [0.1, 0.15) is 11.9 Å². The highest BCUT2D eigenvalue weighted by atomic mass is 16.5. The number of hydrogen-bond acceptors (Lipinski definition) is 13. The number of carbonyl (C=O) groups is 6. The summed E-state index contributed by atoms with van der Waals surface area (Å²) in [5.74, 6) is -2.06. The average Bonchev–Trinajstić information content (AvgIpc) is 3.73. The molecule has 1 atom stereocenters. The van der Waals surface area contributed by atoms with Crippen molar-refractivity contribution in [2.45, 2.75) is 109 Å². The van der Waals surface area contributed by atoms with Crippen molar-refractivity contribution >= 4 is 46.8 Å². The van der Waals surface area contributed by atoms with Gasteiger partial charge in [0.15, 0.2) is 0 Å². The number of nitrogens with zero attached hydrogens (tertiary/aromatic N) is 6. The number of ether oxygens (including phenoxy) is 2. The van der Waals surface area contributed by atoms with Crippen LogP contribution in [0.4, 0.5) is 11.4 Å². The Morgan fingerprint density at radius 1 is 0.724 bits per heavy atom. The standard InChI is InChI=1S/C59H71N9O8/c1-42-18-23-47(38-46(42)39-52-61-28-26-49(63-52)45-14-13-27-60-40-45)62-56(71)44-21-19-43(20-22-44)41-67-32-30-66(31-33-67)29-7-2-3-8-34-75-36-10-5-11-37-76-35-9-4-6-17-53(69)64-50-16-12-15-48-55(50)59(74)68(58(48)73)51-24-25-54(70)65-57(51)72/h12-16,18-23,26-28,38,40,51H,2-11,17,24-25,29-37,39,41H2,1H3,(H,62,71)(H,64,69)(H,65,70,72). The molecule has 3 aromatic carbocycles. The summed E-state index contributed by atoms with van der Waals surface area (Å²) in [7, 11) is 0. The van der Waals surface area contributed by atoms with Gasteiger partial charge in [-0.05, 0) is 136 Å². The lowest BCUT2D eigenvalue weighted by molar-refractivity contribution is -0.136. The van der Waals surface area contributed by atoms with Crippen LogP contribution in [-0.2, 0) is 36.8 Å². The van der Waals surface area contributed by atoms with E-state index in [0.29, 0.717) is 37.4 Å². The van der Waals surface area contributed by atoms with Crippen LogP contribution in [0.3, 0.4) is 0 Å². The Morgan fingerprint density at radius 2 is 1.43 bits per heavy atom. The Hall–Kier alpha value is -7.05. The number of amides is 6. The first-order chi connectivity index (χ1) is 37.1. The van der Waals surface area contributed by atoms with Crippen LogP contribution in [0, 0.1) is 6.92 Å². The van der Waals surface area contributed by atoms with E-state index in [4.69, 9.17) is 14.5 Å². The molecule has 17 heteroatoms. The van der Waals surface area contributed by atoms with Gasteiger partial charge in [-0.1, -0.05) is 43.5 Å². The van der Waals surface area contributed by atoms with Gasteiger partial charge in [0.2, 0.25) is 17.7 Å². The van der Waals surface area contributed by atoms with Crippen LogP contribution in [0.5, 0.6) is 0 Å². The van der Waals surface area contributed by atoms with Gasteiger partial charge in [0, 0.05) is 114 Å². The molecule has 0 spiro atoms. The fraction of sp³-hybridized carbons (Fsp3) is 0.441. The normalized spacial score (nSPS) is 16.0. The van der Waals surface area contributed by atoms with Crippen LogP contribution in [0.1, 0.15) is 137 Å². The Morgan fingerprint density at radius 3 is 2.16 bits per heavy atom. The molecule has 5 aromatic rings. The van der Waals surface area contributed by atoms with Gasteiger partial charge < -0.3 is 25.0 Å². The smallest absolute Gasteiger partial charge is 0.264 e. The van der Waals surface area contributed by atoms with E-state index in [0.717, 1.165) is 124 Å². The predicted octanol–water partition coefficient (Wildman–Crippen LogP) is 8.17. The Balaban J connectivity index is 0.594. The topological polar surface area (TPSA) is 205 Å². The quantitative estimate of drug-likeness (QED) is 0.0320. The lowest BCUT2D eigenvalue weighted by atomic mass is 10.0. The van der Waals surface area contributed by atoms with E-state index in [1.807, 2.05) is 48.5 Å². The third-order valence-corrected chi connectivity index (χ3v) is 14.2. The van der Waals surface area contributed by atoms with Crippen molar-refractivity contribution in [3.63, 3.8) is 0 Å². The van der Waals surface area contributed by atoms with Gasteiger partial charge in [0.05, 0.1) is 22.5 Å². The van der Waals surface area contributed by atoms with Crippen LogP contribution in [0.15, 0.2) is 97.5 Å². The van der Waals surface area contributed by atoms with E-state index in [-0.39, 0.29) is 47.9 Å². The third-order valence-electron chi connectivity index (χ3n) is 14.2. The first-order valence-electron chi connectivity index (χ1n) is 27.1. The van der Waals surface area contributed by atoms with Gasteiger partial charge in [-0.25, -0.2) is 9.97 Å². The van der Waals surface area contributed by atoms with Gasteiger partial charge in [0.25, 0.3) is 17.7 Å². The maximum absolute atomic E-state index is 13.3. The van der Waals surface area contributed by atoms with Crippen molar-refractivity contribution in [1.82, 2.24) is 35.0 Å². The van der Waals surface area contributed by atoms with Gasteiger partial charge in [-0.15, -0.1) is 0 Å². The molecule has 2 fully saturated rings. The summed E-state index contributed by atoms with van der Waals surface area (Å²) >= 11 is 0. The molecule has 2 aromatic heterocycles. The summed E-state index contributed by atoms with van der Waals surface area (Å²) < 4.78 is 11.7. The number of anilines is 2. The molecule has 5 heterocycles. The summed E-state index contributed by atoms with van der Waals surface area (Å²) in [6.45, 7) is 11.2. The zero-order chi connectivity index (χ0) is 53.1. The highest BCUT2D eigenvalue weighted by Gasteiger charge is 2.45. The first-order valence-corrected chi connectivity index (χ1v) is 27.1. The largest absolute Gasteiger partial charge is 0.381 e. The highest BCUT2D eigenvalue weighted by molar-refractivity contribution is 6.26. The molecule has 76 heavy (non-hydrogen) atoms. The molecule has 0 saturated carbocycles. The van der Waals surface area contributed by atoms with Gasteiger partial charge >= 0.3 is 0 Å². The van der Waals surface area contributed by atoms with Crippen LogP contribution in [0.2, 0.25) is 0 Å². The predicted molar refractivity (Wildman–Crippen MR) is 290 cm³/mol. The van der Waals surface area contributed by atoms with E-state index in [9.17, 15) is 28.8 Å². The van der Waals surface area contributed by atoms with Gasteiger partial charge in [-0.2, -0.15) is 0 Å². The highest BCUT2D eigenvalue weighted by Crippen LogP contribution is 2.33. The van der Waals surface area contributed by atoms with E-state index in [1.165, 1.54) is 30.9 Å². The Bertz CT molecular complexity index is 2780. The third kappa shape index (κ3) is 15.8. The number of imide groups is 2. The van der Waals surface area contributed by atoms with E-state index >= 15 is 0 Å². The minimum atomic E-state index is -1.06. The van der Waals surface area contributed by atoms with E-state index < -0.39 is 29.7 Å². The van der Waals surface area contributed by atoms with Gasteiger partial charge in [-0.3, -0.25) is 48.9 Å². The molecule has 0 aliphatic carbocycles. The molecular weight excluding hydrogens is 963 g/mol.